The number of thioether (sulfide) groups is 1. The number of sulfonamides is 1. The fraction of sp³-hybridized carbons (Fsp3) is 0.400. The molecule has 146 valence electrons. The van der Waals surface area contributed by atoms with Crippen LogP contribution in [0.1, 0.15) is 22.3 Å². The van der Waals surface area contributed by atoms with Crippen molar-refractivity contribution in [3.63, 3.8) is 0 Å². The van der Waals surface area contributed by atoms with Gasteiger partial charge >= 0.3 is 5.97 Å². The van der Waals surface area contributed by atoms with Crippen LogP contribution in [-0.2, 0) is 26.2 Å². The highest BCUT2D eigenvalue weighted by molar-refractivity contribution is 7.99. The van der Waals surface area contributed by atoms with Crippen LogP contribution in [0.3, 0.4) is 0 Å². The number of thiophene rings is 1. The maximum Gasteiger partial charge on any atom is 0.350 e. The molecule has 0 unspecified atom stereocenters. The van der Waals surface area contributed by atoms with E-state index in [2.05, 4.69) is 10.3 Å². The summed E-state index contributed by atoms with van der Waals surface area (Å²) in [5.74, 6) is 0.536. The van der Waals surface area contributed by atoms with Crippen LogP contribution in [0.25, 0.3) is 0 Å². The van der Waals surface area contributed by atoms with Gasteiger partial charge in [-0.2, -0.15) is 16.1 Å². The number of aromatic nitrogens is 1. The second kappa shape index (κ2) is 8.69. The second-order valence-electron chi connectivity index (χ2n) is 5.53. The molecule has 0 aliphatic carbocycles. The van der Waals surface area contributed by atoms with Crippen molar-refractivity contribution in [3.8, 4) is 0 Å². The number of nitrogens with one attached hydrogen (secondary N) is 1. The number of hydrogen-bond donors (Lipinski definition) is 1. The van der Waals surface area contributed by atoms with Gasteiger partial charge in [0.2, 0.25) is 15.9 Å². The minimum absolute atomic E-state index is 0.0124. The van der Waals surface area contributed by atoms with Crippen LogP contribution >= 0.6 is 34.4 Å². The van der Waals surface area contributed by atoms with E-state index in [0.29, 0.717) is 23.9 Å². The molecular formula is C15H17N3O5S4. The molecule has 0 aromatic carbocycles. The molecule has 3 heterocycles. The number of thiazole rings is 1. The first-order valence-corrected chi connectivity index (χ1v) is 12.3. The van der Waals surface area contributed by atoms with Crippen molar-refractivity contribution in [1.29, 1.82) is 0 Å². The molecule has 0 radical (unpaired) electrons. The predicted octanol–water partition coefficient (Wildman–Crippen LogP) is 2.26. The molecule has 3 rings (SSSR count). The summed E-state index contributed by atoms with van der Waals surface area (Å²) in [7, 11) is -3.72. The summed E-state index contributed by atoms with van der Waals surface area (Å²) in [4.78, 5) is 27.6. The van der Waals surface area contributed by atoms with E-state index < -0.39 is 16.0 Å². The van der Waals surface area contributed by atoms with Gasteiger partial charge in [0.1, 0.15) is 16.4 Å². The topological polar surface area (TPSA) is 106 Å². The average Bonchev–Trinajstić information content (AvgIpc) is 3.29. The first-order chi connectivity index (χ1) is 12.9. The van der Waals surface area contributed by atoms with E-state index in [1.807, 2.05) is 0 Å². The molecule has 1 aliphatic rings. The van der Waals surface area contributed by atoms with E-state index in [1.165, 1.54) is 28.6 Å². The largest absolute Gasteiger partial charge is 0.455 e. The maximum absolute atomic E-state index is 12.8. The Bertz CT molecular complexity index is 931. The van der Waals surface area contributed by atoms with E-state index >= 15 is 0 Å². The molecular weight excluding hydrogens is 430 g/mol. The molecule has 0 atom stereocenters. The SMILES string of the molecule is CC(=O)Nc1nc(COC(=O)c2sccc2S(=O)(=O)N2CCSCC2)cs1. The van der Waals surface area contributed by atoms with E-state index in [-0.39, 0.29) is 22.3 Å². The third-order valence-corrected chi connectivity index (χ3v) is 8.30. The normalized spacial score (nSPS) is 15.4. The summed E-state index contributed by atoms with van der Waals surface area (Å²) in [5.41, 5.74) is 0.478. The highest BCUT2D eigenvalue weighted by atomic mass is 32.2. The summed E-state index contributed by atoms with van der Waals surface area (Å²) < 4.78 is 32.3. The van der Waals surface area contributed by atoms with Crippen LogP contribution in [0.15, 0.2) is 21.7 Å². The summed E-state index contributed by atoms with van der Waals surface area (Å²) in [6, 6.07) is 1.44. The molecule has 0 bridgehead atoms. The van der Waals surface area contributed by atoms with Gasteiger partial charge < -0.3 is 10.1 Å². The minimum Gasteiger partial charge on any atom is -0.455 e. The van der Waals surface area contributed by atoms with Gasteiger partial charge in [0.15, 0.2) is 5.13 Å². The lowest BCUT2D eigenvalue weighted by atomic mass is 10.4. The Morgan fingerprint density at radius 1 is 1.30 bits per heavy atom. The van der Waals surface area contributed by atoms with Gasteiger partial charge in [-0.3, -0.25) is 4.79 Å². The number of carbonyl (C=O) groups is 2. The lowest BCUT2D eigenvalue weighted by molar-refractivity contribution is -0.114. The van der Waals surface area contributed by atoms with E-state index in [0.717, 1.165) is 22.8 Å². The van der Waals surface area contributed by atoms with Crippen molar-refractivity contribution in [1.82, 2.24) is 9.29 Å². The lowest BCUT2D eigenvalue weighted by Gasteiger charge is -2.25. The van der Waals surface area contributed by atoms with Crippen molar-refractivity contribution in [3.05, 3.63) is 27.4 Å². The van der Waals surface area contributed by atoms with Crippen LogP contribution in [0.4, 0.5) is 5.13 Å². The zero-order valence-electron chi connectivity index (χ0n) is 14.3. The number of amides is 1. The van der Waals surface area contributed by atoms with Crippen LogP contribution in [-0.4, -0.2) is 54.2 Å². The molecule has 1 saturated heterocycles. The van der Waals surface area contributed by atoms with Crippen molar-refractivity contribution in [2.75, 3.05) is 29.9 Å². The van der Waals surface area contributed by atoms with Gasteiger partial charge in [-0.05, 0) is 11.4 Å². The van der Waals surface area contributed by atoms with E-state index in [4.69, 9.17) is 4.74 Å². The standard InChI is InChI=1S/C15H17N3O5S4/c1-10(19)16-15-17-11(9-26-15)8-23-14(20)13-12(2-5-25-13)27(21,22)18-3-6-24-7-4-18/h2,5,9H,3-4,6-8H2,1H3,(H,16,17,19). The number of hydrogen-bond acceptors (Lipinski definition) is 9. The Morgan fingerprint density at radius 2 is 2.04 bits per heavy atom. The quantitative estimate of drug-likeness (QED) is 0.677. The van der Waals surface area contributed by atoms with Gasteiger partial charge in [-0.25, -0.2) is 18.2 Å². The third kappa shape index (κ3) is 4.88. The summed E-state index contributed by atoms with van der Waals surface area (Å²) in [5, 5.41) is 6.19. The van der Waals surface area contributed by atoms with Crippen molar-refractivity contribution in [2.45, 2.75) is 18.4 Å². The van der Waals surface area contributed by atoms with Crippen LogP contribution < -0.4 is 5.32 Å². The minimum atomic E-state index is -3.72. The molecule has 1 aliphatic heterocycles. The maximum atomic E-state index is 12.8. The molecule has 8 nitrogen and oxygen atoms in total. The zero-order valence-corrected chi connectivity index (χ0v) is 17.6. The first-order valence-electron chi connectivity index (χ1n) is 7.92. The number of anilines is 1. The number of esters is 1. The summed E-state index contributed by atoms with van der Waals surface area (Å²) in [6.45, 7) is 2.14. The number of carbonyl (C=O) groups excluding carboxylic acids is 2. The second-order valence-corrected chi connectivity index (χ2v) is 10.4. The smallest absolute Gasteiger partial charge is 0.350 e. The Labute approximate surface area is 169 Å². The molecule has 1 fully saturated rings. The van der Waals surface area contributed by atoms with E-state index in [1.54, 1.807) is 22.5 Å². The monoisotopic (exact) mass is 447 g/mol. The van der Waals surface area contributed by atoms with Gasteiger partial charge in [-0.15, -0.1) is 22.7 Å². The van der Waals surface area contributed by atoms with Crippen LogP contribution in [0, 0.1) is 0 Å². The fourth-order valence-electron chi connectivity index (χ4n) is 2.36. The number of ether oxygens (including phenoxy) is 1. The Balaban J connectivity index is 1.68. The van der Waals surface area contributed by atoms with Gasteiger partial charge in [0.25, 0.3) is 0 Å². The Morgan fingerprint density at radius 3 is 2.74 bits per heavy atom. The van der Waals surface area contributed by atoms with E-state index in [9.17, 15) is 18.0 Å². The van der Waals surface area contributed by atoms with Crippen LogP contribution in [0.2, 0.25) is 0 Å². The first kappa shape index (κ1) is 20.3. The van der Waals surface area contributed by atoms with Crippen molar-refractivity contribution in [2.24, 2.45) is 0 Å². The molecule has 1 amide bonds. The van der Waals surface area contributed by atoms with Gasteiger partial charge in [-0.1, -0.05) is 0 Å². The third-order valence-electron chi connectivity index (χ3n) is 3.59. The van der Waals surface area contributed by atoms with Crippen molar-refractivity contribution < 1.29 is 22.7 Å². The van der Waals surface area contributed by atoms with Crippen LogP contribution in [0.5, 0.6) is 0 Å². The average molecular weight is 448 g/mol. The molecule has 0 saturated carbocycles. The lowest BCUT2D eigenvalue weighted by Crippen LogP contribution is -2.38. The van der Waals surface area contributed by atoms with Gasteiger partial charge in [0.05, 0.1) is 5.69 Å². The molecule has 2 aromatic heterocycles. The fourth-order valence-corrected chi connectivity index (χ4v) is 6.96. The summed E-state index contributed by atoms with van der Waals surface area (Å²) in [6.07, 6.45) is 0. The molecule has 1 N–H and O–H groups in total. The molecule has 12 heteroatoms. The predicted molar refractivity (Wildman–Crippen MR) is 106 cm³/mol. The molecule has 0 spiro atoms. The van der Waals surface area contributed by atoms with Gasteiger partial charge in [0, 0.05) is 36.9 Å². The molecule has 2 aromatic rings. The highest BCUT2D eigenvalue weighted by Gasteiger charge is 2.31. The highest BCUT2D eigenvalue weighted by Crippen LogP contribution is 2.28. The molecule has 27 heavy (non-hydrogen) atoms. The van der Waals surface area contributed by atoms with Crippen molar-refractivity contribution >= 4 is 61.5 Å². The number of nitrogens with zero attached hydrogens (tertiary/aromatic N) is 2. The Kier molecular flexibility index (Phi) is 6.52. The number of rotatable bonds is 6. The Hall–Kier alpha value is -1.47. The summed E-state index contributed by atoms with van der Waals surface area (Å²) >= 11 is 3.96. The zero-order chi connectivity index (χ0) is 19.4.